The van der Waals surface area contributed by atoms with E-state index >= 15 is 0 Å². The molecule has 1 aromatic rings. The Kier molecular flexibility index (Phi) is 5.85. The average molecular weight is 298 g/mol. The first kappa shape index (κ1) is 15.8. The van der Waals surface area contributed by atoms with E-state index < -0.39 is 16.8 Å². The topological polar surface area (TPSA) is 89.8 Å². The molecule has 0 saturated heterocycles. The lowest BCUT2D eigenvalue weighted by atomic mass is 10.3. The molecule has 1 amide bonds. The Morgan fingerprint density at radius 2 is 2.30 bits per heavy atom. The molecular formula is C12H14N2O5S. The molecule has 0 atom stereocenters. The zero-order valence-corrected chi connectivity index (χ0v) is 11.7. The number of carbonyl (C=O) groups excluding carboxylic acids is 2. The van der Waals surface area contributed by atoms with Gasteiger partial charge >= 0.3 is 11.0 Å². The van der Waals surface area contributed by atoms with Crippen LogP contribution in [0.4, 0.5) is 5.00 Å². The summed E-state index contributed by atoms with van der Waals surface area (Å²) >= 11 is 0.862. The van der Waals surface area contributed by atoms with Crippen LogP contribution in [0.3, 0.4) is 0 Å². The fourth-order valence-electron chi connectivity index (χ4n) is 1.45. The number of rotatable bonds is 7. The van der Waals surface area contributed by atoms with Crippen LogP contribution in [0.5, 0.6) is 0 Å². The van der Waals surface area contributed by atoms with Crippen molar-refractivity contribution in [1.82, 2.24) is 4.90 Å². The zero-order chi connectivity index (χ0) is 15.1. The molecule has 0 saturated carbocycles. The second-order valence-electron chi connectivity index (χ2n) is 3.71. The largest absolute Gasteiger partial charge is 0.465 e. The molecule has 20 heavy (non-hydrogen) atoms. The van der Waals surface area contributed by atoms with Crippen LogP contribution in [0.2, 0.25) is 0 Å². The molecule has 0 spiro atoms. The van der Waals surface area contributed by atoms with Crippen molar-refractivity contribution >= 4 is 28.2 Å². The summed E-state index contributed by atoms with van der Waals surface area (Å²) in [5.41, 5.74) is 0.174. The maximum absolute atomic E-state index is 12.2. The minimum Gasteiger partial charge on any atom is -0.465 e. The normalized spacial score (nSPS) is 9.85. The molecule has 0 radical (unpaired) electrons. The van der Waals surface area contributed by atoms with Crippen molar-refractivity contribution in [2.24, 2.45) is 0 Å². The van der Waals surface area contributed by atoms with Gasteiger partial charge in [-0.1, -0.05) is 17.4 Å². The van der Waals surface area contributed by atoms with Crippen LogP contribution in [0.25, 0.3) is 0 Å². The van der Waals surface area contributed by atoms with Crippen molar-refractivity contribution in [2.75, 3.05) is 19.7 Å². The summed E-state index contributed by atoms with van der Waals surface area (Å²) < 4.78 is 4.78. The fraction of sp³-hybridized carbons (Fsp3) is 0.333. The highest BCUT2D eigenvalue weighted by molar-refractivity contribution is 7.13. The van der Waals surface area contributed by atoms with E-state index in [4.69, 9.17) is 4.74 Å². The first-order chi connectivity index (χ1) is 9.49. The van der Waals surface area contributed by atoms with E-state index in [-0.39, 0.29) is 30.3 Å². The van der Waals surface area contributed by atoms with Crippen LogP contribution in [-0.2, 0) is 9.53 Å². The second-order valence-corrected chi connectivity index (χ2v) is 4.60. The number of esters is 1. The molecule has 0 bridgehead atoms. The molecule has 0 N–H and O–H groups in total. The molecule has 1 aromatic heterocycles. The van der Waals surface area contributed by atoms with Crippen molar-refractivity contribution in [3.63, 3.8) is 0 Å². The molecule has 8 heteroatoms. The van der Waals surface area contributed by atoms with Gasteiger partial charge in [-0.3, -0.25) is 19.7 Å². The second kappa shape index (κ2) is 7.39. The zero-order valence-electron chi connectivity index (χ0n) is 10.9. The Labute approximate surface area is 119 Å². The van der Waals surface area contributed by atoms with E-state index in [2.05, 4.69) is 6.58 Å². The molecule has 1 rings (SSSR count). The van der Waals surface area contributed by atoms with Gasteiger partial charge in [-0.15, -0.1) is 6.58 Å². The summed E-state index contributed by atoms with van der Waals surface area (Å²) in [6, 6.07) is 1.19. The van der Waals surface area contributed by atoms with E-state index in [9.17, 15) is 19.7 Å². The summed E-state index contributed by atoms with van der Waals surface area (Å²) in [6.45, 7) is 5.33. The standard InChI is InChI=1S/C12H14N2O5S/c1-3-5-13(7-11(15)19-4-2)12(16)9-6-10(14(17)18)20-8-9/h3,6,8H,1,4-5,7H2,2H3. The molecule has 1 heterocycles. The van der Waals surface area contributed by atoms with Gasteiger partial charge in [0.1, 0.15) is 6.54 Å². The van der Waals surface area contributed by atoms with Crippen molar-refractivity contribution in [3.8, 4) is 0 Å². The Hall–Kier alpha value is -2.22. The van der Waals surface area contributed by atoms with E-state index in [0.717, 1.165) is 11.3 Å². The minimum absolute atomic E-state index is 0.122. The third kappa shape index (κ3) is 4.16. The first-order valence-corrected chi connectivity index (χ1v) is 6.66. The van der Waals surface area contributed by atoms with Crippen LogP contribution >= 0.6 is 11.3 Å². The van der Waals surface area contributed by atoms with Crippen molar-refractivity contribution in [1.29, 1.82) is 0 Å². The van der Waals surface area contributed by atoms with Gasteiger partial charge in [-0.05, 0) is 6.92 Å². The molecule has 0 aromatic carbocycles. The van der Waals surface area contributed by atoms with Gasteiger partial charge in [0.15, 0.2) is 0 Å². The van der Waals surface area contributed by atoms with Gasteiger partial charge in [0.25, 0.3) is 5.91 Å². The Morgan fingerprint density at radius 3 is 2.80 bits per heavy atom. The van der Waals surface area contributed by atoms with Crippen LogP contribution < -0.4 is 0 Å². The molecular weight excluding hydrogens is 284 g/mol. The van der Waals surface area contributed by atoms with E-state index in [1.54, 1.807) is 6.92 Å². The van der Waals surface area contributed by atoms with Crippen molar-refractivity contribution < 1.29 is 19.2 Å². The highest BCUT2D eigenvalue weighted by atomic mass is 32.1. The smallest absolute Gasteiger partial charge is 0.325 e. The molecule has 0 aliphatic heterocycles. The summed E-state index contributed by atoms with van der Waals surface area (Å²) in [5.74, 6) is -1.00. The van der Waals surface area contributed by atoms with Crippen LogP contribution in [0, 0.1) is 10.1 Å². The average Bonchev–Trinajstić information content (AvgIpc) is 2.87. The number of thiophene rings is 1. The van der Waals surface area contributed by atoms with Crippen LogP contribution in [0.1, 0.15) is 17.3 Å². The van der Waals surface area contributed by atoms with E-state index in [0.29, 0.717) is 0 Å². The number of hydrogen-bond acceptors (Lipinski definition) is 6. The lowest BCUT2D eigenvalue weighted by Gasteiger charge is -2.19. The molecule has 0 fully saturated rings. The minimum atomic E-state index is -0.565. The van der Waals surface area contributed by atoms with Crippen molar-refractivity contribution in [3.05, 3.63) is 39.8 Å². The van der Waals surface area contributed by atoms with Gasteiger partial charge in [-0.2, -0.15) is 0 Å². The number of ether oxygens (including phenoxy) is 1. The van der Waals surface area contributed by atoms with Gasteiger partial charge in [0, 0.05) is 18.0 Å². The monoisotopic (exact) mass is 298 g/mol. The maximum atomic E-state index is 12.2. The third-order valence-electron chi connectivity index (χ3n) is 2.27. The molecule has 0 unspecified atom stereocenters. The number of nitrogens with zero attached hydrogens (tertiary/aromatic N) is 2. The highest BCUT2D eigenvalue weighted by Crippen LogP contribution is 2.23. The van der Waals surface area contributed by atoms with E-state index in [1.807, 2.05) is 0 Å². The Bertz CT molecular complexity index is 526. The van der Waals surface area contributed by atoms with E-state index in [1.165, 1.54) is 22.4 Å². The molecule has 7 nitrogen and oxygen atoms in total. The van der Waals surface area contributed by atoms with Gasteiger partial charge < -0.3 is 9.64 Å². The number of carbonyl (C=O) groups is 2. The number of amides is 1. The molecule has 0 aliphatic rings. The van der Waals surface area contributed by atoms with Crippen LogP contribution in [-0.4, -0.2) is 41.4 Å². The lowest BCUT2D eigenvalue weighted by molar-refractivity contribution is -0.380. The molecule has 0 aliphatic carbocycles. The number of nitro groups is 1. The fourth-order valence-corrected chi connectivity index (χ4v) is 2.15. The highest BCUT2D eigenvalue weighted by Gasteiger charge is 2.22. The Balaban J connectivity index is 2.84. The summed E-state index contributed by atoms with van der Waals surface area (Å²) in [6.07, 6.45) is 1.47. The third-order valence-corrected chi connectivity index (χ3v) is 3.15. The van der Waals surface area contributed by atoms with Gasteiger partial charge in [0.05, 0.1) is 17.1 Å². The maximum Gasteiger partial charge on any atom is 0.325 e. The predicted octanol–water partition coefficient (Wildman–Crippen LogP) is 1.85. The lowest BCUT2D eigenvalue weighted by Crippen LogP contribution is -2.36. The molecule has 108 valence electrons. The van der Waals surface area contributed by atoms with Gasteiger partial charge in [-0.25, -0.2) is 0 Å². The Morgan fingerprint density at radius 1 is 1.60 bits per heavy atom. The van der Waals surface area contributed by atoms with Crippen LogP contribution in [0.15, 0.2) is 24.1 Å². The van der Waals surface area contributed by atoms with Gasteiger partial charge in [0.2, 0.25) is 0 Å². The summed E-state index contributed by atoms with van der Waals surface area (Å²) in [7, 11) is 0. The summed E-state index contributed by atoms with van der Waals surface area (Å²) in [5, 5.41) is 11.9. The number of hydrogen-bond donors (Lipinski definition) is 0. The first-order valence-electron chi connectivity index (χ1n) is 5.78. The summed E-state index contributed by atoms with van der Waals surface area (Å²) in [4.78, 5) is 34.8. The quantitative estimate of drug-likeness (QED) is 0.331. The van der Waals surface area contributed by atoms with Crippen molar-refractivity contribution in [2.45, 2.75) is 6.92 Å². The predicted molar refractivity (Wildman–Crippen MR) is 73.7 cm³/mol. The SMILES string of the molecule is C=CCN(CC(=O)OCC)C(=O)c1csc([N+](=O)[O-])c1.